The van der Waals surface area contributed by atoms with Crippen LogP contribution in [0, 0.1) is 12.8 Å². The van der Waals surface area contributed by atoms with E-state index in [9.17, 15) is 0 Å². The van der Waals surface area contributed by atoms with Crippen LogP contribution in [0.2, 0.25) is 0 Å². The second-order valence-corrected chi connectivity index (χ2v) is 5.97. The molecule has 1 heterocycles. The third-order valence-electron chi connectivity index (χ3n) is 4.62. The molecule has 0 radical (unpaired) electrons. The fraction of sp³-hybridized carbons (Fsp3) is 0.706. The van der Waals surface area contributed by atoms with Crippen molar-refractivity contribution in [1.29, 1.82) is 0 Å². The van der Waals surface area contributed by atoms with E-state index in [2.05, 4.69) is 30.3 Å². The summed E-state index contributed by atoms with van der Waals surface area (Å²) in [6.45, 7) is 2.17. The van der Waals surface area contributed by atoms with Crippen molar-refractivity contribution in [3.63, 3.8) is 0 Å². The van der Waals surface area contributed by atoms with Crippen LogP contribution in [0.1, 0.15) is 56.2 Å². The largest absolute Gasteiger partial charge is 0.316 e. The van der Waals surface area contributed by atoms with Crippen LogP contribution in [-0.2, 0) is 6.42 Å². The van der Waals surface area contributed by atoms with Crippen molar-refractivity contribution in [1.82, 2.24) is 10.3 Å². The molecule has 1 N–H and O–H groups in total. The molecule has 0 bridgehead atoms. The van der Waals surface area contributed by atoms with Gasteiger partial charge < -0.3 is 5.32 Å². The fourth-order valence-corrected chi connectivity index (χ4v) is 3.33. The van der Waals surface area contributed by atoms with Crippen molar-refractivity contribution in [2.24, 2.45) is 5.92 Å². The van der Waals surface area contributed by atoms with E-state index in [1.165, 1.54) is 56.2 Å². The normalized spacial score (nSPS) is 19.7. The van der Waals surface area contributed by atoms with Crippen LogP contribution < -0.4 is 5.32 Å². The minimum Gasteiger partial charge on any atom is -0.316 e. The molecule has 106 valence electrons. The van der Waals surface area contributed by atoms with Gasteiger partial charge in [0.2, 0.25) is 0 Å². The Kier molecular flexibility index (Phi) is 5.84. The van der Waals surface area contributed by atoms with E-state index in [1.807, 2.05) is 12.3 Å². The minimum absolute atomic E-state index is 0.590. The van der Waals surface area contributed by atoms with Gasteiger partial charge in [-0.05, 0) is 44.4 Å². The molecule has 0 aliphatic heterocycles. The predicted octanol–water partition coefficient (Wildman–Crippen LogP) is 3.88. The number of aryl methyl sites for hydroxylation is 1. The molecule has 1 aromatic heterocycles. The van der Waals surface area contributed by atoms with Gasteiger partial charge in [0.15, 0.2) is 0 Å². The molecule has 1 unspecified atom stereocenters. The number of likely N-dealkylation sites (N-methyl/N-ethyl adjacent to an activating group) is 1. The third kappa shape index (κ3) is 4.31. The molecule has 1 aromatic rings. The molecule has 1 aliphatic carbocycles. The number of hydrogen-bond donors (Lipinski definition) is 1. The summed E-state index contributed by atoms with van der Waals surface area (Å²) in [6.07, 6.45) is 12.9. The van der Waals surface area contributed by atoms with Gasteiger partial charge in [0, 0.05) is 24.4 Å². The summed E-state index contributed by atoms with van der Waals surface area (Å²) < 4.78 is 0. The zero-order valence-corrected chi connectivity index (χ0v) is 12.5. The topological polar surface area (TPSA) is 24.9 Å². The lowest BCUT2D eigenvalue weighted by atomic mass is 9.83. The van der Waals surface area contributed by atoms with Gasteiger partial charge in [-0.15, -0.1) is 0 Å². The number of rotatable bonds is 4. The maximum atomic E-state index is 4.56. The Morgan fingerprint density at radius 2 is 1.89 bits per heavy atom. The quantitative estimate of drug-likeness (QED) is 0.888. The molecule has 1 aliphatic rings. The van der Waals surface area contributed by atoms with Crippen molar-refractivity contribution in [2.45, 2.75) is 64.3 Å². The summed E-state index contributed by atoms with van der Waals surface area (Å²) in [5, 5.41) is 3.56. The van der Waals surface area contributed by atoms with E-state index in [0.717, 1.165) is 12.3 Å². The first-order chi connectivity index (χ1) is 9.31. The summed E-state index contributed by atoms with van der Waals surface area (Å²) in [4.78, 5) is 4.56. The first kappa shape index (κ1) is 14.5. The van der Waals surface area contributed by atoms with E-state index in [-0.39, 0.29) is 0 Å². The van der Waals surface area contributed by atoms with Gasteiger partial charge in [-0.1, -0.05) is 38.2 Å². The van der Waals surface area contributed by atoms with E-state index >= 15 is 0 Å². The highest BCUT2D eigenvalue weighted by atomic mass is 14.9. The van der Waals surface area contributed by atoms with Crippen molar-refractivity contribution < 1.29 is 0 Å². The zero-order chi connectivity index (χ0) is 13.5. The molecule has 2 heteroatoms. The van der Waals surface area contributed by atoms with Gasteiger partial charge >= 0.3 is 0 Å². The monoisotopic (exact) mass is 260 g/mol. The average Bonchev–Trinajstić information content (AvgIpc) is 2.38. The van der Waals surface area contributed by atoms with Crippen molar-refractivity contribution in [3.8, 4) is 0 Å². The predicted molar refractivity (Wildman–Crippen MR) is 81.3 cm³/mol. The average molecular weight is 260 g/mol. The first-order valence-electron chi connectivity index (χ1n) is 7.89. The van der Waals surface area contributed by atoms with Crippen LogP contribution in [0.4, 0.5) is 0 Å². The van der Waals surface area contributed by atoms with Gasteiger partial charge in [-0.25, -0.2) is 0 Å². The lowest BCUT2D eigenvalue weighted by Crippen LogP contribution is -2.36. The summed E-state index contributed by atoms with van der Waals surface area (Å²) in [5.41, 5.74) is 2.59. The number of hydrogen-bond acceptors (Lipinski definition) is 2. The molecule has 19 heavy (non-hydrogen) atoms. The molecule has 1 saturated carbocycles. The lowest BCUT2D eigenvalue weighted by Gasteiger charge is -2.28. The van der Waals surface area contributed by atoms with Crippen LogP contribution >= 0.6 is 0 Å². The Morgan fingerprint density at radius 1 is 1.21 bits per heavy atom. The Bertz CT molecular complexity index is 367. The highest BCUT2D eigenvalue weighted by Gasteiger charge is 2.21. The fourth-order valence-electron chi connectivity index (χ4n) is 3.33. The van der Waals surface area contributed by atoms with Crippen molar-refractivity contribution in [3.05, 3.63) is 29.6 Å². The Labute approximate surface area is 118 Å². The molecule has 0 amide bonds. The highest BCUT2D eigenvalue weighted by molar-refractivity contribution is 5.18. The molecule has 0 spiro atoms. The van der Waals surface area contributed by atoms with Gasteiger partial charge in [0.25, 0.3) is 0 Å². The highest BCUT2D eigenvalue weighted by Crippen LogP contribution is 2.26. The Hall–Kier alpha value is -0.890. The van der Waals surface area contributed by atoms with E-state index in [1.54, 1.807) is 0 Å². The van der Waals surface area contributed by atoms with Gasteiger partial charge in [0.05, 0.1) is 0 Å². The van der Waals surface area contributed by atoms with Gasteiger partial charge in [-0.3, -0.25) is 4.98 Å². The number of nitrogens with zero attached hydrogens (tertiary/aromatic N) is 1. The second kappa shape index (κ2) is 7.64. The summed E-state index contributed by atoms with van der Waals surface area (Å²) in [7, 11) is 2.11. The number of nitrogens with one attached hydrogen (secondary N) is 1. The van der Waals surface area contributed by atoms with E-state index < -0.39 is 0 Å². The molecule has 2 rings (SSSR count). The Balaban J connectivity index is 2.00. The Morgan fingerprint density at radius 3 is 2.53 bits per heavy atom. The van der Waals surface area contributed by atoms with Crippen LogP contribution in [-0.4, -0.2) is 18.1 Å². The van der Waals surface area contributed by atoms with Crippen molar-refractivity contribution in [2.75, 3.05) is 7.05 Å². The second-order valence-electron chi connectivity index (χ2n) is 5.97. The van der Waals surface area contributed by atoms with E-state index in [4.69, 9.17) is 0 Å². The van der Waals surface area contributed by atoms with E-state index in [0.29, 0.717) is 6.04 Å². The van der Waals surface area contributed by atoms with Crippen LogP contribution in [0.25, 0.3) is 0 Å². The lowest BCUT2D eigenvalue weighted by molar-refractivity contribution is 0.292. The summed E-state index contributed by atoms with van der Waals surface area (Å²) in [6, 6.07) is 4.79. The maximum Gasteiger partial charge on any atom is 0.0448 e. The summed E-state index contributed by atoms with van der Waals surface area (Å²) >= 11 is 0. The standard InChI is InChI=1S/C17H28N2/c1-14-9-8-12-19-16(14)13-17(18-2)15-10-6-4-3-5-7-11-15/h8-9,12,15,17-18H,3-7,10-11,13H2,1-2H3. The van der Waals surface area contributed by atoms with Crippen LogP contribution in [0.15, 0.2) is 18.3 Å². The van der Waals surface area contributed by atoms with Gasteiger partial charge in [-0.2, -0.15) is 0 Å². The number of aromatic nitrogens is 1. The van der Waals surface area contributed by atoms with Crippen LogP contribution in [0.5, 0.6) is 0 Å². The first-order valence-corrected chi connectivity index (χ1v) is 7.89. The SMILES string of the molecule is CNC(Cc1ncccc1C)C1CCCCCCC1. The minimum atomic E-state index is 0.590. The molecule has 0 aromatic carbocycles. The molecule has 1 fully saturated rings. The molecule has 0 saturated heterocycles. The van der Waals surface area contributed by atoms with Crippen molar-refractivity contribution >= 4 is 0 Å². The smallest absolute Gasteiger partial charge is 0.0448 e. The summed E-state index contributed by atoms with van der Waals surface area (Å²) in [5.74, 6) is 0.826. The molecular weight excluding hydrogens is 232 g/mol. The molecule has 1 atom stereocenters. The maximum absolute atomic E-state index is 4.56. The van der Waals surface area contributed by atoms with Gasteiger partial charge in [0.1, 0.15) is 0 Å². The third-order valence-corrected chi connectivity index (χ3v) is 4.62. The number of pyridine rings is 1. The van der Waals surface area contributed by atoms with Crippen LogP contribution in [0.3, 0.4) is 0 Å². The molecule has 2 nitrogen and oxygen atoms in total. The zero-order valence-electron chi connectivity index (χ0n) is 12.5. The molecular formula is C17H28N2.